The summed E-state index contributed by atoms with van der Waals surface area (Å²) in [5.41, 5.74) is 0. The van der Waals surface area contributed by atoms with Crippen molar-refractivity contribution in [2.24, 2.45) is 0 Å². The van der Waals surface area contributed by atoms with Gasteiger partial charge < -0.3 is 5.11 Å². The number of hydrogen-bond acceptors (Lipinski definition) is 4. The second-order valence-electron chi connectivity index (χ2n) is 4.81. The van der Waals surface area contributed by atoms with Crippen LogP contribution in [0.3, 0.4) is 0 Å². The summed E-state index contributed by atoms with van der Waals surface area (Å²) in [6, 6.07) is 0. The van der Waals surface area contributed by atoms with Crippen LogP contribution in [0.5, 0.6) is 0 Å². The van der Waals surface area contributed by atoms with Gasteiger partial charge in [0.05, 0.1) is 13.3 Å². The van der Waals surface area contributed by atoms with E-state index in [-0.39, 0.29) is 0 Å². The van der Waals surface area contributed by atoms with Crippen LogP contribution in [0.4, 0.5) is 0 Å². The molecule has 1 aliphatic heterocycles. The first-order valence-electron chi connectivity index (χ1n) is 6.34. The van der Waals surface area contributed by atoms with Gasteiger partial charge >= 0.3 is 0 Å². The van der Waals surface area contributed by atoms with E-state index in [1.807, 2.05) is 0 Å². The molecule has 0 aromatic carbocycles. The summed E-state index contributed by atoms with van der Waals surface area (Å²) < 4.78 is 0. The minimum atomic E-state index is 0.335. The Balaban J connectivity index is 2.10. The van der Waals surface area contributed by atoms with Crippen molar-refractivity contribution in [1.82, 2.24) is 15.3 Å². The third-order valence-corrected chi connectivity index (χ3v) is 2.81. The molecular weight excluding hydrogens is 202 g/mol. The van der Waals surface area contributed by atoms with Gasteiger partial charge in [-0.15, -0.1) is 0 Å². The molecule has 0 unspecified atom stereocenters. The molecule has 0 atom stereocenters. The summed E-state index contributed by atoms with van der Waals surface area (Å²) in [6.45, 7) is 8.83. The molecule has 0 bridgehead atoms. The van der Waals surface area contributed by atoms with Gasteiger partial charge in [0, 0.05) is 19.7 Å². The van der Waals surface area contributed by atoms with Gasteiger partial charge in [-0.25, -0.2) is 10.0 Å². The van der Waals surface area contributed by atoms with Crippen molar-refractivity contribution in [2.75, 3.05) is 33.0 Å². The zero-order chi connectivity index (χ0) is 11.8. The molecule has 1 radical (unpaired) electrons. The number of rotatable bonds is 8. The molecule has 0 saturated carbocycles. The van der Waals surface area contributed by atoms with Crippen LogP contribution in [-0.4, -0.2) is 48.2 Å². The Hall–Kier alpha value is -0.160. The summed E-state index contributed by atoms with van der Waals surface area (Å²) in [4.78, 5) is 0. The van der Waals surface area contributed by atoms with Crippen LogP contribution in [0, 0.1) is 5.92 Å². The van der Waals surface area contributed by atoms with Crippen LogP contribution in [0.2, 0.25) is 0 Å². The van der Waals surface area contributed by atoms with E-state index in [1.165, 1.54) is 18.8 Å². The van der Waals surface area contributed by atoms with Gasteiger partial charge in [-0.1, -0.05) is 26.7 Å². The Kier molecular flexibility index (Phi) is 6.96. The van der Waals surface area contributed by atoms with Crippen molar-refractivity contribution in [3.63, 3.8) is 0 Å². The quantitative estimate of drug-likeness (QED) is 0.612. The Morgan fingerprint density at radius 1 is 1.06 bits per heavy atom. The smallest absolute Gasteiger partial charge is 0.0634 e. The van der Waals surface area contributed by atoms with Crippen molar-refractivity contribution in [3.8, 4) is 0 Å². The van der Waals surface area contributed by atoms with E-state index in [1.54, 1.807) is 0 Å². The fourth-order valence-electron chi connectivity index (χ4n) is 2.01. The Bertz CT molecular complexity index is 176. The topological polar surface area (TPSA) is 38.7 Å². The first kappa shape index (κ1) is 13.9. The Morgan fingerprint density at radius 3 is 2.44 bits per heavy atom. The molecule has 4 nitrogen and oxygen atoms in total. The molecule has 95 valence electrons. The molecule has 1 heterocycles. The summed E-state index contributed by atoms with van der Waals surface area (Å²) in [5, 5.41) is 16.8. The SMILES string of the molecule is C[C](C)CN1CNCN1CCCCCCO. The second-order valence-corrected chi connectivity index (χ2v) is 4.81. The highest BCUT2D eigenvalue weighted by Crippen LogP contribution is 2.10. The van der Waals surface area contributed by atoms with Crippen LogP contribution < -0.4 is 5.32 Å². The highest BCUT2D eigenvalue weighted by Gasteiger charge is 2.20. The Labute approximate surface area is 99.6 Å². The van der Waals surface area contributed by atoms with Gasteiger partial charge in [0.25, 0.3) is 0 Å². The van der Waals surface area contributed by atoms with E-state index in [0.717, 1.165) is 39.3 Å². The molecule has 1 aliphatic rings. The number of nitrogens with one attached hydrogen (secondary N) is 1. The van der Waals surface area contributed by atoms with Gasteiger partial charge in [0.2, 0.25) is 0 Å². The van der Waals surface area contributed by atoms with Gasteiger partial charge in [-0.05, 0) is 18.8 Å². The summed E-state index contributed by atoms with van der Waals surface area (Å²) in [6.07, 6.45) is 4.54. The van der Waals surface area contributed by atoms with Crippen molar-refractivity contribution >= 4 is 0 Å². The summed E-state index contributed by atoms with van der Waals surface area (Å²) in [5.74, 6) is 1.45. The number of hydrogen-bond donors (Lipinski definition) is 2. The maximum absolute atomic E-state index is 8.69. The predicted molar refractivity (Wildman–Crippen MR) is 66.4 cm³/mol. The van der Waals surface area contributed by atoms with Gasteiger partial charge in [-0.3, -0.25) is 5.32 Å². The monoisotopic (exact) mass is 228 g/mol. The minimum Gasteiger partial charge on any atom is -0.396 e. The standard InChI is InChI=1S/C12H26N3O/c1-12(2)9-15-11-13-10-14(15)7-5-3-4-6-8-16/h13,16H,3-11H2,1-2H3. The lowest BCUT2D eigenvalue weighted by atomic mass is 10.2. The lowest BCUT2D eigenvalue weighted by Crippen LogP contribution is -2.39. The third-order valence-electron chi connectivity index (χ3n) is 2.81. The van der Waals surface area contributed by atoms with Crippen molar-refractivity contribution < 1.29 is 5.11 Å². The van der Waals surface area contributed by atoms with E-state index in [4.69, 9.17) is 5.11 Å². The highest BCUT2D eigenvalue weighted by molar-refractivity contribution is 4.82. The molecule has 1 fully saturated rings. The molecule has 0 aliphatic carbocycles. The van der Waals surface area contributed by atoms with Gasteiger partial charge in [-0.2, -0.15) is 0 Å². The first-order chi connectivity index (χ1) is 7.74. The predicted octanol–water partition coefficient (Wildman–Crippen LogP) is 1.19. The maximum atomic E-state index is 8.69. The fourth-order valence-corrected chi connectivity index (χ4v) is 2.01. The van der Waals surface area contributed by atoms with Crippen LogP contribution in [0.1, 0.15) is 39.5 Å². The molecule has 0 aromatic rings. The number of nitrogens with zero attached hydrogens (tertiary/aromatic N) is 2. The third kappa shape index (κ3) is 5.25. The highest BCUT2D eigenvalue weighted by atomic mass is 16.2. The van der Waals surface area contributed by atoms with Crippen molar-refractivity contribution in [3.05, 3.63) is 5.92 Å². The maximum Gasteiger partial charge on any atom is 0.0634 e. The van der Waals surface area contributed by atoms with E-state index in [9.17, 15) is 0 Å². The lowest BCUT2D eigenvalue weighted by molar-refractivity contribution is 0.0304. The summed E-state index contributed by atoms with van der Waals surface area (Å²) in [7, 11) is 0. The average Bonchev–Trinajstić information content (AvgIpc) is 2.64. The van der Waals surface area contributed by atoms with Crippen LogP contribution in [0.25, 0.3) is 0 Å². The zero-order valence-corrected chi connectivity index (χ0v) is 10.7. The molecule has 1 rings (SSSR count). The first-order valence-corrected chi connectivity index (χ1v) is 6.34. The van der Waals surface area contributed by atoms with Gasteiger partial charge in [0.1, 0.15) is 0 Å². The van der Waals surface area contributed by atoms with Crippen LogP contribution in [0.15, 0.2) is 0 Å². The van der Waals surface area contributed by atoms with E-state index < -0.39 is 0 Å². The van der Waals surface area contributed by atoms with E-state index in [0.29, 0.717) is 6.61 Å². The normalized spacial score (nSPS) is 18.8. The molecule has 1 saturated heterocycles. The van der Waals surface area contributed by atoms with Crippen molar-refractivity contribution in [2.45, 2.75) is 39.5 Å². The zero-order valence-electron chi connectivity index (χ0n) is 10.7. The largest absolute Gasteiger partial charge is 0.396 e. The lowest BCUT2D eigenvalue weighted by Gasteiger charge is -2.27. The van der Waals surface area contributed by atoms with Crippen molar-refractivity contribution in [1.29, 1.82) is 0 Å². The number of hydrazine groups is 1. The van der Waals surface area contributed by atoms with Gasteiger partial charge in [0.15, 0.2) is 0 Å². The summed E-state index contributed by atoms with van der Waals surface area (Å²) >= 11 is 0. The molecule has 0 spiro atoms. The number of unbranched alkanes of at least 4 members (excludes halogenated alkanes) is 3. The Morgan fingerprint density at radius 2 is 1.75 bits per heavy atom. The minimum absolute atomic E-state index is 0.335. The molecular formula is C12H26N3O. The molecule has 4 heteroatoms. The van der Waals surface area contributed by atoms with Crippen LogP contribution in [-0.2, 0) is 0 Å². The number of aliphatic hydroxyl groups is 1. The number of aliphatic hydroxyl groups excluding tert-OH is 1. The fraction of sp³-hybridized carbons (Fsp3) is 0.917. The molecule has 0 amide bonds. The molecule has 16 heavy (non-hydrogen) atoms. The second kappa shape index (κ2) is 8.01. The van der Waals surface area contributed by atoms with E-state index in [2.05, 4.69) is 29.2 Å². The van der Waals surface area contributed by atoms with E-state index >= 15 is 0 Å². The average molecular weight is 228 g/mol. The molecule has 2 N–H and O–H groups in total. The molecule has 0 aromatic heterocycles. The van der Waals surface area contributed by atoms with Crippen LogP contribution >= 0.6 is 0 Å².